The van der Waals surface area contributed by atoms with Gasteiger partial charge in [-0.2, -0.15) is 0 Å². The summed E-state index contributed by atoms with van der Waals surface area (Å²) in [7, 11) is 0. The molecule has 0 spiro atoms. The van der Waals surface area contributed by atoms with Crippen LogP contribution in [0.5, 0.6) is 0 Å². The second-order valence-electron chi connectivity index (χ2n) is 8.20. The Balaban J connectivity index is 1.99. The second kappa shape index (κ2) is 8.19. The van der Waals surface area contributed by atoms with Crippen molar-refractivity contribution in [3.05, 3.63) is 35.9 Å². The maximum Gasteiger partial charge on any atom is 0.407 e. The van der Waals surface area contributed by atoms with Crippen LogP contribution in [0.3, 0.4) is 0 Å². The predicted octanol–water partition coefficient (Wildman–Crippen LogP) is 3.34. The number of carbonyl (C=O) groups excluding carboxylic acids is 1. The minimum absolute atomic E-state index is 0.262. The van der Waals surface area contributed by atoms with Crippen molar-refractivity contribution in [2.45, 2.75) is 64.8 Å². The van der Waals surface area contributed by atoms with Crippen LogP contribution in [-0.4, -0.2) is 46.9 Å². The van der Waals surface area contributed by atoms with Crippen molar-refractivity contribution in [3.8, 4) is 0 Å². The highest BCUT2D eigenvalue weighted by atomic mass is 16.6. The lowest BCUT2D eigenvalue weighted by Gasteiger charge is -2.42. The predicted molar refractivity (Wildman–Crippen MR) is 99.4 cm³/mol. The second-order valence-corrected chi connectivity index (χ2v) is 8.20. The molecule has 5 heteroatoms. The van der Waals surface area contributed by atoms with Gasteiger partial charge < -0.3 is 15.2 Å². The third-order valence-electron chi connectivity index (χ3n) is 4.48. The quantitative estimate of drug-likeness (QED) is 0.876. The Kier molecular flexibility index (Phi) is 6.47. The van der Waals surface area contributed by atoms with E-state index in [4.69, 9.17) is 4.74 Å². The number of aliphatic hydroxyl groups excluding tert-OH is 1. The zero-order chi connectivity index (χ0) is 18.6. The molecule has 0 aliphatic carbocycles. The highest BCUT2D eigenvalue weighted by Gasteiger charge is 2.34. The topological polar surface area (TPSA) is 61.8 Å². The number of benzene rings is 1. The fourth-order valence-corrected chi connectivity index (χ4v) is 3.50. The third kappa shape index (κ3) is 5.72. The Labute approximate surface area is 151 Å². The van der Waals surface area contributed by atoms with Gasteiger partial charge in [0, 0.05) is 19.1 Å². The van der Waals surface area contributed by atoms with Crippen LogP contribution in [0.15, 0.2) is 30.3 Å². The van der Waals surface area contributed by atoms with Crippen molar-refractivity contribution in [1.82, 2.24) is 10.2 Å². The fourth-order valence-electron chi connectivity index (χ4n) is 3.50. The summed E-state index contributed by atoms with van der Waals surface area (Å²) in [6.07, 6.45) is -0.365. The first kappa shape index (κ1) is 19.7. The average molecular weight is 348 g/mol. The molecule has 140 valence electrons. The number of aliphatic hydroxyl groups is 1. The number of carbonyl (C=O) groups is 1. The monoisotopic (exact) mass is 348 g/mol. The van der Waals surface area contributed by atoms with Gasteiger partial charge >= 0.3 is 6.09 Å². The normalized spacial score (nSPS) is 23.3. The molecule has 1 saturated heterocycles. The zero-order valence-electron chi connectivity index (χ0n) is 16.0. The Hall–Kier alpha value is -1.59. The molecule has 0 radical (unpaired) electrons. The molecule has 25 heavy (non-hydrogen) atoms. The van der Waals surface area contributed by atoms with Crippen LogP contribution in [0.1, 0.15) is 52.6 Å². The van der Waals surface area contributed by atoms with Crippen LogP contribution >= 0.6 is 0 Å². The summed E-state index contributed by atoms with van der Waals surface area (Å²) in [5.74, 6) is 0.435. The van der Waals surface area contributed by atoms with Gasteiger partial charge in [-0.15, -0.1) is 0 Å². The van der Waals surface area contributed by atoms with E-state index in [-0.39, 0.29) is 12.1 Å². The number of hydrogen-bond donors (Lipinski definition) is 2. The van der Waals surface area contributed by atoms with Gasteiger partial charge in [0.1, 0.15) is 5.60 Å². The number of ether oxygens (including phenoxy) is 1. The van der Waals surface area contributed by atoms with Crippen LogP contribution in [0.25, 0.3) is 0 Å². The van der Waals surface area contributed by atoms with Crippen LogP contribution in [0, 0.1) is 5.92 Å². The molecule has 2 rings (SSSR count). The summed E-state index contributed by atoms with van der Waals surface area (Å²) >= 11 is 0. The van der Waals surface area contributed by atoms with Crippen LogP contribution in [0.4, 0.5) is 4.79 Å². The first-order valence-corrected chi connectivity index (χ1v) is 9.14. The molecule has 1 aromatic carbocycles. The fraction of sp³-hybridized carbons (Fsp3) is 0.650. The van der Waals surface area contributed by atoms with Crippen molar-refractivity contribution in [3.63, 3.8) is 0 Å². The maximum atomic E-state index is 12.0. The molecular formula is C20H32N2O3. The van der Waals surface area contributed by atoms with E-state index < -0.39 is 17.8 Å². The lowest BCUT2D eigenvalue weighted by Crippen LogP contribution is -2.55. The van der Waals surface area contributed by atoms with E-state index in [9.17, 15) is 9.90 Å². The molecule has 1 aliphatic rings. The number of rotatable bonds is 4. The summed E-state index contributed by atoms with van der Waals surface area (Å²) in [5, 5.41) is 13.4. The molecule has 5 nitrogen and oxygen atoms in total. The highest BCUT2D eigenvalue weighted by molar-refractivity contribution is 5.68. The SMILES string of the molecule is CC(C)C(c1ccccc1)N1CCC(NC(=O)OC(C)(C)C)C(O)C1. The van der Waals surface area contributed by atoms with Crippen molar-refractivity contribution in [2.75, 3.05) is 13.1 Å². The molecule has 1 heterocycles. The number of β-amino-alcohol motifs (C(OH)–C–C–N with tert-alkyl or cyclic N) is 1. The van der Waals surface area contributed by atoms with Crippen molar-refractivity contribution in [2.24, 2.45) is 5.92 Å². The van der Waals surface area contributed by atoms with E-state index in [0.29, 0.717) is 18.9 Å². The summed E-state index contributed by atoms with van der Waals surface area (Å²) in [6.45, 7) is 11.3. The molecule has 0 aromatic heterocycles. The van der Waals surface area contributed by atoms with Crippen LogP contribution in [0.2, 0.25) is 0 Å². The largest absolute Gasteiger partial charge is 0.444 e. The smallest absolute Gasteiger partial charge is 0.407 e. The highest BCUT2D eigenvalue weighted by Crippen LogP contribution is 2.31. The number of nitrogens with one attached hydrogen (secondary N) is 1. The van der Waals surface area contributed by atoms with E-state index in [0.717, 1.165) is 6.54 Å². The van der Waals surface area contributed by atoms with E-state index in [2.05, 4.69) is 48.3 Å². The van der Waals surface area contributed by atoms with E-state index in [1.807, 2.05) is 26.8 Å². The number of piperidine rings is 1. The number of amides is 1. The van der Waals surface area contributed by atoms with Crippen molar-refractivity contribution in [1.29, 1.82) is 0 Å². The minimum atomic E-state index is -0.605. The van der Waals surface area contributed by atoms with Crippen molar-refractivity contribution >= 4 is 6.09 Å². The number of nitrogens with zero attached hydrogens (tertiary/aromatic N) is 1. The molecular weight excluding hydrogens is 316 g/mol. The first-order chi connectivity index (χ1) is 11.7. The molecule has 1 aliphatic heterocycles. The minimum Gasteiger partial charge on any atom is -0.444 e. The molecule has 0 bridgehead atoms. The Morgan fingerprint density at radius 2 is 1.92 bits per heavy atom. The average Bonchev–Trinajstić information content (AvgIpc) is 2.49. The maximum absolute atomic E-state index is 12.0. The molecule has 1 amide bonds. The summed E-state index contributed by atoms with van der Waals surface area (Å²) in [6, 6.07) is 10.4. The summed E-state index contributed by atoms with van der Waals surface area (Å²) in [4.78, 5) is 14.3. The molecule has 3 atom stereocenters. The Morgan fingerprint density at radius 1 is 1.28 bits per heavy atom. The van der Waals surface area contributed by atoms with Gasteiger partial charge in [0.2, 0.25) is 0 Å². The molecule has 3 unspecified atom stereocenters. The van der Waals surface area contributed by atoms with Crippen LogP contribution < -0.4 is 5.32 Å². The third-order valence-corrected chi connectivity index (χ3v) is 4.48. The van der Waals surface area contributed by atoms with E-state index >= 15 is 0 Å². The number of hydrogen-bond acceptors (Lipinski definition) is 4. The number of likely N-dealkylation sites (tertiary alicyclic amines) is 1. The van der Waals surface area contributed by atoms with Gasteiger partial charge in [-0.25, -0.2) is 4.79 Å². The molecule has 2 N–H and O–H groups in total. The molecule has 1 aromatic rings. The van der Waals surface area contributed by atoms with Gasteiger partial charge in [0.25, 0.3) is 0 Å². The van der Waals surface area contributed by atoms with Crippen LogP contribution in [-0.2, 0) is 4.74 Å². The Morgan fingerprint density at radius 3 is 2.44 bits per heavy atom. The first-order valence-electron chi connectivity index (χ1n) is 9.14. The van der Waals surface area contributed by atoms with Gasteiger partial charge in [-0.05, 0) is 38.7 Å². The van der Waals surface area contributed by atoms with Gasteiger partial charge in [-0.3, -0.25) is 4.90 Å². The lowest BCUT2D eigenvalue weighted by molar-refractivity contribution is 0.00102. The summed E-state index contributed by atoms with van der Waals surface area (Å²) in [5.41, 5.74) is 0.731. The molecule has 0 saturated carbocycles. The zero-order valence-corrected chi connectivity index (χ0v) is 16.0. The Bertz CT molecular complexity index is 554. The summed E-state index contributed by atoms with van der Waals surface area (Å²) < 4.78 is 5.30. The van der Waals surface area contributed by atoms with E-state index in [1.54, 1.807) is 0 Å². The molecule has 1 fully saturated rings. The van der Waals surface area contributed by atoms with Crippen molar-refractivity contribution < 1.29 is 14.6 Å². The standard InChI is InChI=1S/C20H32N2O3/c1-14(2)18(15-9-7-6-8-10-15)22-12-11-16(17(23)13-22)21-19(24)25-20(3,4)5/h6-10,14,16-18,23H,11-13H2,1-5H3,(H,21,24). The number of alkyl carbamates (subject to hydrolysis) is 1. The van der Waals surface area contributed by atoms with Gasteiger partial charge in [0.05, 0.1) is 12.1 Å². The van der Waals surface area contributed by atoms with E-state index in [1.165, 1.54) is 5.56 Å². The lowest BCUT2D eigenvalue weighted by atomic mass is 9.91. The van der Waals surface area contributed by atoms with Gasteiger partial charge in [0.15, 0.2) is 0 Å². The van der Waals surface area contributed by atoms with Gasteiger partial charge in [-0.1, -0.05) is 44.2 Å².